The minimum absolute atomic E-state index is 0.118. The molecule has 4 nitrogen and oxygen atoms in total. The molecule has 2 aromatic rings. The van der Waals surface area contributed by atoms with Gasteiger partial charge in [0.2, 0.25) is 0 Å². The van der Waals surface area contributed by atoms with Crippen molar-refractivity contribution in [1.82, 2.24) is 5.32 Å². The summed E-state index contributed by atoms with van der Waals surface area (Å²) in [5.41, 5.74) is 0.577. The largest absolute Gasteiger partial charge is 0.486 e. The van der Waals surface area contributed by atoms with Crippen LogP contribution in [0, 0.1) is 0 Å². The number of carbonyl (C=O) groups excluding carboxylic acids is 1. The molecule has 1 heterocycles. The lowest BCUT2D eigenvalue weighted by atomic mass is 10.1. The van der Waals surface area contributed by atoms with Crippen LogP contribution in [0.1, 0.15) is 16.7 Å². The standard InChI is InChI=1S/C18H16F3NO3/c19-18(20,21)15-8-4-7-13-9-14(25-16(13)15)11-24-17(23)22-10-12-5-2-1-3-6-12/h1-8,14H,9-11H2,(H,22,23). The molecule has 0 fully saturated rings. The Morgan fingerprint density at radius 2 is 1.92 bits per heavy atom. The molecule has 0 radical (unpaired) electrons. The highest BCUT2D eigenvalue weighted by molar-refractivity contribution is 5.67. The Kier molecular flexibility index (Phi) is 4.83. The average molecular weight is 351 g/mol. The summed E-state index contributed by atoms with van der Waals surface area (Å²) >= 11 is 0. The summed E-state index contributed by atoms with van der Waals surface area (Å²) in [5, 5.41) is 2.58. The van der Waals surface area contributed by atoms with Crippen LogP contribution in [0.15, 0.2) is 48.5 Å². The molecule has 0 saturated heterocycles. The first-order valence-corrected chi connectivity index (χ1v) is 7.74. The summed E-state index contributed by atoms with van der Waals surface area (Å²) in [6.45, 7) is 0.191. The SMILES string of the molecule is O=C(NCc1ccccc1)OCC1Cc2cccc(C(F)(F)F)c2O1. The molecule has 1 atom stereocenters. The van der Waals surface area contributed by atoms with Crippen LogP contribution in [0.25, 0.3) is 0 Å². The maximum absolute atomic E-state index is 13.0. The minimum Gasteiger partial charge on any atom is -0.486 e. The van der Waals surface area contributed by atoms with Gasteiger partial charge in [-0.25, -0.2) is 4.79 Å². The first-order valence-electron chi connectivity index (χ1n) is 7.74. The van der Waals surface area contributed by atoms with E-state index in [-0.39, 0.29) is 18.8 Å². The van der Waals surface area contributed by atoms with E-state index in [1.54, 1.807) is 6.07 Å². The Balaban J connectivity index is 1.51. The number of benzene rings is 2. The van der Waals surface area contributed by atoms with Gasteiger partial charge in [-0.2, -0.15) is 13.2 Å². The van der Waals surface area contributed by atoms with Crippen molar-refractivity contribution in [3.05, 3.63) is 65.2 Å². The second-order valence-electron chi connectivity index (χ2n) is 5.67. The maximum atomic E-state index is 13.0. The average Bonchev–Trinajstić information content (AvgIpc) is 3.01. The highest BCUT2D eigenvalue weighted by atomic mass is 19.4. The molecule has 0 bridgehead atoms. The molecule has 1 N–H and O–H groups in total. The molecule has 0 saturated carbocycles. The van der Waals surface area contributed by atoms with Crippen LogP contribution in [0.2, 0.25) is 0 Å². The van der Waals surface area contributed by atoms with Gasteiger partial charge in [0, 0.05) is 13.0 Å². The van der Waals surface area contributed by atoms with E-state index in [1.165, 1.54) is 6.07 Å². The molecule has 3 rings (SSSR count). The van der Waals surface area contributed by atoms with Crippen LogP contribution in [-0.2, 0) is 23.9 Å². The normalized spacial score (nSPS) is 16.0. The fourth-order valence-electron chi connectivity index (χ4n) is 2.64. The van der Waals surface area contributed by atoms with Gasteiger partial charge in [0.15, 0.2) is 0 Å². The van der Waals surface area contributed by atoms with Crippen molar-refractivity contribution in [2.45, 2.75) is 25.2 Å². The highest BCUT2D eigenvalue weighted by Gasteiger charge is 2.38. The molecule has 1 unspecified atom stereocenters. The number of para-hydroxylation sites is 1. The van der Waals surface area contributed by atoms with Gasteiger partial charge in [0.05, 0.1) is 5.56 Å². The van der Waals surface area contributed by atoms with Gasteiger partial charge < -0.3 is 14.8 Å². The number of amides is 1. The molecular formula is C18H16F3NO3. The number of nitrogens with one attached hydrogen (secondary N) is 1. The number of alkyl halides is 3. The number of ether oxygens (including phenoxy) is 2. The molecule has 1 aliphatic rings. The number of fused-ring (bicyclic) bond motifs is 1. The Morgan fingerprint density at radius 1 is 1.16 bits per heavy atom. The van der Waals surface area contributed by atoms with Gasteiger partial charge in [0.25, 0.3) is 0 Å². The first kappa shape index (κ1) is 17.1. The molecule has 2 aromatic carbocycles. The number of hydrogen-bond acceptors (Lipinski definition) is 3. The topological polar surface area (TPSA) is 47.6 Å². The predicted molar refractivity (Wildman–Crippen MR) is 84.2 cm³/mol. The summed E-state index contributed by atoms with van der Waals surface area (Å²) in [7, 11) is 0. The van der Waals surface area contributed by atoms with Crippen molar-refractivity contribution in [2.24, 2.45) is 0 Å². The Bertz CT molecular complexity index is 747. The zero-order chi connectivity index (χ0) is 17.9. The molecule has 1 amide bonds. The molecule has 0 aliphatic carbocycles. The molecule has 132 valence electrons. The maximum Gasteiger partial charge on any atom is 0.419 e. The third kappa shape index (κ3) is 4.23. The predicted octanol–water partition coefficient (Wildman–Crippen LogP) is 3.94. The second-order valence-corrected chi connectivity index (χ2v) is 5.67. The zero-order valence-electron chi connectivity index (χ0n) is 13.2. The molecule has 25 heavy (non-hydrogen) atoms. The van der Waals surface area contributed by atoms with E-state index in [0.29, 0.717) is 12.1 Å². The lowest BCUT2D eigenvalue weighted by molar-refractivity contribution is -0.139. The Labute approximate surface area is 142 Å². The summed E-state index contributed by atoms with van der Waals surface area (Å²) < 4.78 is 49.3. The number of halogens is 3. The van der Waals surface area contributed by atoms with Crippen LogP contribution in [0.3, 0.4) is 0 Å². The highest BCUT2D eigenvalue weighted by Crippen LogP contribution is 2.41. The first-order chi connectivity index (χ1) is 11.9. The fourth-order valence-corrected chi connectivity index (χ4v) is 2.64. The van der Waals surface area contributed by atoms with Crippen molar-refractivity contribution < 1.29 is 27.4 Å². The van der Waals surface area contributed by atoms with Gasteiger partial charge in [-0.3, -0.25) is 0 Å². The summed E-state index contributed by atoms with van der Waals surface area (Å²) in [6.07, 6.45) is -5.47. The Morgan fingerprint density at radius 3 is 2.64 bits per heavy atom. The van der Waals surface area contributed by atoms with Crippen molar-refractivity contribution in [3.8, 4) is 5.75 Å². The lowest BCUT2D eigenvalue weighted by Crippen LogP contribution is -2.29. The number of carbonyl (C=O) groups is 1. The van der Waals surface area contributed by atoms with E-state index < -0.39 is 23.9 Å². The monoisotopic (exact) mass is 351 g/mol. The number of rotatable bonds is 4. The van der Waals surface area contributed by atoms with Crippen molar-refractivity contribution in [3.63, 3.8) is 0 Å². The quantitative estimate of drug-likeness (QED) is 0.908. The lowest BCUT2D eigenvalue weighted by Gasteiger charge is -2.14. The molecule has 7 heteroatoms. The summed E-state index contributed by atoms with van der Waals surface area (Å²) in [4.78, 5) is 11.7. The van der Waals surface area contributed by atoms with E-state index in [0.717, 1.165) is 11.6 Å². The molecular weight excluding hydrogens is 335 g/mol. The minimum atomic E-state index is -4.48. The van der Waals surface area contributed by atoms with Crippen LogP contribution < -0.4 is 10.1 Å². The van der Waals surface area contributed by atoms with Crippen molar-refractivity contribution in [2.75, 3.05) is 6.61 Å². The number of alkyl carbamates (subject to hydrolysis) is 1. The summed E-state index contributed by atoms with van der Waals surface area (Å²) in [6, 6.07) is 13.2. The van der Waals surface area contributed by atoms with Gasteiger partial charge in [-0.15, -0.1) is 0 Å². The summed E-state index contributed by atoms with van der Waals surface area (Å²) in [5.74, 6) is -0.173. The van der Waals surface area contributed by atoms with Crippen molar-refractivity contribution in [1.29, 1.82) is 0 Å². The van der Waals surface area contributed by atoms with E-state index >= 15 is 0 Å². The van der Waals surface area contributed by atoms with E-state index in [1.807, 2.05) is 30.3 Å². The zero-order valence-corrected chi connectivity index (χ0v) is 13.2. The van der Waals surface area contributed by atoms with Crippen LogP contribution in [0.5, 0.6) is 5.75 Å². The van der Waals surface area contributed by atoms with Crippen LogP contribution in [-0.4, -0.2) is 18.8 Å². The second kappa shape index (κ2) is 7.04. The van der Waals surface area contributed by atoms with Gasteiger partial charge >= 0.3 is 12.3 Å². The van der Waals surface area contributed by atoms with Crippen LogP contribution >= 0.6 is 0 Å². The van der Waals surface area contributed by atoms with Crippen molar-refractivity contribution >= 4 is 6.09 Å². The third-order valence-electron chi connectivity index (χ3n) is 3.81. The van der Waals surface area contributed by atoms with Gasteiger partial charge in [-0.05, 0) is 17.2 Å². The van der Waals surface area contributed by atoms with E-state index in [9.17, 15) is 18.0 Å². The van der Waals surface area contributed by atoms with E-state index in [4.69, 9.17) is 9.47 Å². The molecule has 1 aliphatic heterocycles. The Hall–Kier alpha value is -2.70. The van der Waals surface area contributed by atoms with Gasteiger partial charge in [0.1, 0.15) is 18.5 Å². The van der Waals surface area contributed by atoms with E-state index in [2.05, 4.69) is 5.32 Å². The molecule has 0 aromatic heterocycles. The molecule has 0 spiro atoms. The third-order valence-corrected chi connectivity index (χ3v) is 3.81. The van der Waals surface area contributed by atoms with Gasteiger partial charge in [-0.1, -0.05) is 42.5 Å². The van der Waals surface area contributed by atoms with Crippen LogP contribution in [0.4, 0.5) is 18.0 Å². The smallest absolute Gasteiger partial charge is 0.419 e. The number of hydrogen-bond donors (Lipinski definition) is 1. The fraction of sp³-hybridized carbons (Fsp3) is 0.278.